The van der Waals surface area contributed by atoms with Crippen molar-refractivity contribution in [3.8, 4) is 11.5 Å². The molecule has 8 nitrogen and oxygen atoms in total. The SMILES string of the molecule is COc1cc(/C=N\NC(=O)CN(c2cc(Cl)ccc2C)S(C)(=O)=O)cc(Br)c1O. The summed E-state index contributed by atoms with van der Waals surface area (Å²) >= 11 is 9.16. The van der Waals surface area contributed by atoms with Crippen molar-refractivity contribution in [2.45, 2.75) is 6.92 Å². The van der Waals surface area contributed by atoms with Crippen LogP contribution in [-0.4, -0.2) is 45.6 Å². The minimum Gasteiger partial charge on any atom is -0.503 e. The number of benzene rings is 2. The summed E-state index contributed by atoms with van der Waals surface area (Å²) in [5, 5.41) is 14.0. The van der Waals surface area contributed by atoms with Gasteiger partial charge in [-0.05, 0) is 58.2 Å². The molecule has 0 radical (unpaired) electrons. The lowest BCUT2D eigenvalue weighted by Gasteiger charge is -2.23. The van der Waals surface area contributed by atoms with Crippen LogP contribution >= 0.6 is 27.5 Å². The Bertz CT molecular complexity index is 1060. The van der Waals surface area contributed by atoms with Crippen LogP contribution in [0.2, 0.25) is 5.02 Å². The van der Waals surface area contributed by atoms with Crippen molar-refractivity contribution in [2.24, 2.45) is 5.10 Å². The molecule has 2 aromatic rings. The van der Waals surface area contributed by atoms with Crippen LogP contribution in [0.3, 0.4) is 0 Å². The largest absolute Gasteiger partial charge is 0.503 e. The number of hydrogen-bond acceptors (Lipinski definition) is 6. The van der Waals surface area contributed by atoms with Crippen LogP contribution in [0.4, 0.5) is 5.69 Å². The van der Waals surface area contributed by atoms with Crippen molar-refractivity contribution < 1.29 is 23.1 Å². The number of nitrogens with one attached hydrogen (secondary N) is 1. The summed E-state index contributed by atoms with van der Waals surface area (Å²) in [5.74, 6) is -0.475. The van der Waals surface area contributed by atoms with Crippen molar-refractivity contribution in [3.63, 3.8) is 0 Å². The number of ether oxygens (including phenoxy) is 1. The van der Waals surface area contributed by atoms with E-state index in [1.54, 1.807) is 25.1 Å². The third kappa shape index (κ3) is 6.09. The van der Waals surface area contributed by atoms with Crippen molar-refractivity contribution in [2.75, 3.05) is 24.2 Å². The van der Waals surface area contributed by atoms with E-state index in [1.807, 2.05) is 0 Å². The number of methoxy groups -OCH3 is 1. The lowest BCUT2D eigenvalue weighted by Crippen LogP contribution is -2.39. The number of amides is 1. The Labute approximate surface area is 182 Å². The lowest BCUT2D eigenvalue weighted by atomic mass is 10.2. The molecule has 0 saturated heterocycles. The quantitative estimate of drug-likeness (QED) is 0.445. The van der Waals surface area contributed by atoms with E-state index in [9.17, 15) is 18.3 Å². The van der Waals surface area contributed by atoms with Gasteiger partial charge in [0.05, 0.1) is 29.7 Å². The predicted octanol–water partition coefficient (Wildman–Crippen LogP) is 3.04. The summed E-state index contributed by atoms with van der Waals surface area (Å²) in [6.07, 6.45) is 2.34. The number of rotatable bonds is 7. The van der Waals surface area contributed by atoms with Crippen molar-refractivity contribution in [1.29, 1.82) is 0 Å². The lowest BCUT2D eigenvalue weighted by molar-refractivity contribution is -0.119. The number of hydrogen-bond donors (Lipinski definition) is 2. The number of anilines is 1. The molecule has 0 aliphatic heterocycles. The molecule has 156 valence electrons. The molecule has 0 fully saturated rings. The molecule has 2 aromatic carbocycles. The van der Waals surface area contributed by atoms with E-state index in [0.29, 0.717) is 26.3 Å². The molecular weight excluding hydrogens is 486 g/mol. The molecule has 0 heterocycles. The topological polar surface area (TPSA) is 108 Å². The molecule has 2 N–H and O–H groups in total. The molecule has 0 aliphatic carbocycles. The van der Waals surface area contributed by atoms with Crippen molar-refractivity contribution in [1.82, 2.24) is 5.43 Å². The number of halogens is 2. The molecule has 0 saturated carbocycles. The van der Waals surface area contributed by atoms with Gasteiger partial charge in [0.15, 0.2) is 11.5 Å². The molecule has 0 aliphatic rings. The maximum atomic E-state index is 12.3. The Morgan fingerprint density at radius 1 is 1.38 bits per heavy atom. The maximum absolute atomic E-state index is 12.3. The van der Waals surface area contributed by atoms with Gasteiger partial charge in [-0.25, -0.2) is 13.8 Å². The molecule has 0 bridgehead atoms. The number of hydrazone groups is 1. The average Bonchev–Trinajstić information content (AvgIpc) is 2.63. The van der Waals surface area contributed by atoms with E-state index in [4.69, 9.17) is 16.3 Å². The van der Waals surface area contributed by atoms with Gasteiger partial charge < -0.3 is 9.84 Å². The number of aromatic hydroxyl groups is 1. The first-order valence-electron chi connectivity index (χ1n) is 8.15. The zero-order chi connectivity index (χ0) is 21.8. The van der Waals surface area contributed by atoms with Crippen LogP contribution in [0.5, 0.6) is 11.5 Å². The van der Waals surface area contributed by atoms with Crippen LogP contribution in [-0.2, 0) is 14.8 Å². The first kappa shape index (κ1) is 23.0. The summed E-state index contributed by atoms with van der Waals surface area (Å²) in [7, 11) is -2.33. The fraction of sp³-hybridized carbons (Fsp3) is 0.222. The molecule has 11 heteroatoms. The van der Waals surface area contributed by atoms with Gasteiger partial charge in [-0.15, -0.1) is 0 Å². The predicted molar refractivity (Wildman–Crippen MR) is 116 cm³/mol. The second-order valence-corrected chi connectivity index (χ2v) is 9.24. The first-order chi connectivity index (χ1) is 13.5. The molecule has 0 atom stereocenters. The van der Waals surface area contributed by atoms with E-state index in [0.717, 1.165) is 10.6 Å². The number of carbonyl (C=O) groups is 1. The summed E-state index contributed by atoms with van der Waals surface area (Å²) in [5.41, 5.74) is 3.78. The van der Waals surface area contributed by atoms with Gasteiger partial charge in [0, 0.05) is 5.02 Å². The Morgan fingerprint density at radius 2 is 2.07 bits per heavy atom. The smallest absolute Gasteiger partial charge is 0.260 e. The number of carbonyl (C=O) groups excluding carboxylic acids is 1. The van der Waals surface area contributed by atoms with Gasteiger partial charge in [0.25, 0.3) is 5.91 Å². The molecule has 0 aromatic heterocycles. The summed E-state index contributed by atoms with van der Waals surface area (Å²) in [4.78, 5) is 12.3. The highest BCUT2D eigenvalue weighted by Gasteiger charge is 2.22. The van der Waals surface area contributed by atoms with Crippen LogP contribution in [0.1, 0.15) is 11.1 Å². The molecule has 0 spiro atoms. The number of phenols is 1. The monoisotopic (exact) mass is 503 g/mol. The Hall–Kier alpha value is -2.30. The van der Waals surface area contributed by atoms with Gasteiger partial charge in [0.1, 0.15) is 6.54 Å². The number of aryl methyl sites for hydroxylation is 1. The van der Waals surface area contributed by atoms with Crippen LogP contribution < -0.4 is 14.5 Å². The van der Waals surface area contributed by atoms with E-state index < -0.39 is 22.5 Å². The van der Waals surface area contributed by atoms with Crippen LogP contribution in [0.15, 0.2) is 39.9 Å². The third-order valence-corrected chi connectivity index (χ3v) is 5.77. The van der Waals surface area contributed by atoms with Crippen LogP contribution in [0.25, 0.3) is 0 Å². The average molecular weight is 505 g/mol. The van der Waals surface area contributed by atoms with Crippen molar-refractivity contribution >= 4 is 55.4 Å². The fourth-order valence-electron chi connectivity index (χ4n) is 2.40. The minimum atomic E-state index is -3.74. The van der Waals surface area contributed by atoms with Gasteiger partial charge in [0.2, 0.25) is 10.0 Å². The van der Waals surface area contributed by atoms with E-state index >= 15 is 0 Å². The molecular formula is C18H19BrClN3O5S. The Morgan fingerprint density at radius 3 is 2.69 bits per heavy atom. The van der Waals surface area contributed by atoms with Crippen molar-refractivity contribution in [3.05, 3.63) is 51.0 Å². The van der Waals surface area contributed by atoms with Crippen LogP contribution in [0, 0.1) is 6.92 Å². The molecule has 2 rings (SSSR count). The molecule has 0 unspecified atom stereocenters. The Balaban J connectivity index is 2.16. The van der Waals surface area contributed by atoms with E-state index in [-0.39, 0.29) is 11.5 Å². The second-order valence-electron chi connectivity index (χ2n) is 6.05. The zero-order valence-corrected chi connectivity index (χ0v) is 19.0. The number of sulfonamides is 1. The van der Waals surface area contributed by atoms with Gasteiger partial charge in [-0.3, -0.25) is 9.10 Å². The summed E-state index contributed by atoms with van der Waals surface area (Å²) in [6, 6.07) is 7.88. The second kappa shape index (κ2) is 9.47. The minimum absolute atomic E-state index is 0.0608. The van der Waals surface area contributed by atoms with Gasteiger partial charge >= 0.3 is 0 Å². The third-order valence-electron chi connectivity index (χ3n) is 3.80. The summed E-state index contributed by atoms with van der Waals surface area (Å²) in [6.45, 7) is 1.25. The highest BCUT2D eigenvalue weighted by Crippen LogP contribution is 2.34. The normalized spacial score (nSPS) is 11.5. The molecule has 29 heavy (non-hydrogen) atoms. The number of phenolic OH excluding ortho intramolecular Hbond substituents is 1. The van der Waals surface area contributed by atoms with E-state index in [1.165, 1.54) is 25.5 Å². The first-order valence-corrected chi connectivity index (χ1v) is 11.2. The zero-order valence-electron chi connectivity index (χ0n) is 15.8. The Kier molecular flexibility index (Phi) is 7.50. The number of nitrogens with zero attached hydrogens (tertiary/aromatic N) is 2. The summed E-state index contributed by atoms with van der Waals surface area (Å²) < 4.78 is 30.8. The van der Waals surface area contributed by atoms with Gasteiger partial charge in [-0.1, -0.05) is 17.7 Å². The standard InChI is InChI=1S/C18H19BrClN3O5S/c1-11-4-5-13(20)8-15(11)23(29(3,26)27)10-17(24)22-21-9-12-6-14(19)18(25)16(7-12)28-2/h4-9,25H,10H2,1-3H3,(H,22,24)/b21-9-. The molecule has 1 amide bonds. The fourth-order valence-corrected chi connectivity index (χ4v) is 3.93. The highest BCUT2D eigenvalue weighted by atomic mass is 79.9. The van der Waals surface area contributed by atoms with Gasteiger partial charge in [-0.2, -0.15) is 5.10 Å². The highest BCUT2D eigenvalue weighted by molar-refractivity contribution is 9.10. The maximum Gasteiger partial charge on any atom is 0.260 e. The van der Waals surface area contributed by atoms with E-state index in [2.05, 4.69) is 26.5 Å².